The molecule has 5 nitrogen and oxygen atoms in total. The van der Waals surface area contributed by atoms with Crippen molar-refractivity contribution in [1.82, 2.24) is 4.90 Å². The Labute approximate surface area is 158 Å². The largest absolute Gasteiger partial charge is 0.486 e. The van der Waals surface area contributed by atoms with E-state index in [2.05, 4.69) is 36.2 Å². The summed E-state index contributed by atoms with van der Waals surface area (Å²) < 4.78 is 11.0. The molecule has 26 heavy (non-hydrogen) atoms. The van der Waals surface area contributed by atoms with Crippen LogP contribution in [0.3, 0.4) is 0 Å². The van der Waals surface area contributed by atoms with Crippen molar-refractivity contribution in [2.24, 2.45) is 0 Å². The van der Waals surface area contributed by atoms with Gasteiger partial charge in [0.1, 0.15) is 13.2 Å². The highest BCUT2D eigenvalue weighted by Crippen LogP contribution is 2.37. The molecule has 3 rings (SSSR count). The van der Waals surface area contributed by atoms with Crippen molar-refractivity contribution in [3.8, 4) is 11.5 Å². The molecule has 2 aromatic carbocycles. The SMILES string of the molecule is CC(C)N(CC(=O)Nc1cc2c(cc1Cl)OCCO2)Cc1ccccc1. The van der Waals surface area contributed by atoms with Gasteiger partial charge in [-0.05, 0) is 19.4 Å². The van der Waals surface area contributed by atoms with Crippen LogP contribution in [0.25, 0.3) is 0 Å². The Morgan fingerprint density at radius 2 is 1.81 bits per heavy atom. The third kappa shape index (κ3) is 4.68. The minimum atomic E-state index is -0.117. The van der Waals surface area contributed by atoms with Gasteiger partial charge in [-0.2, -0.15) is 0 Å². The van der Waals surface area contributed by atoms with Gasteiger partial charge in [0.2, 0.25) is 5.91 Å². The number of hydrogen-bond donors (Lipinski definition) is 1. The number of rotatable bonds is 6. The summed E-state index contributed by atoms with van der Waals surface area (Å²) in [5.74, 6) is 1.08. The monoisotopic (exact) mass is 374 g/mol. The van der Waals surface area contributed by atoms with E-state index in [-0.39, 0.29) is 18.5 Å². The van der Waals surface area contributed by atoms with Gasteiger partial charge in [0, 0.05) is 24.7 Å². The second-order valence-corrected chi connectivity index (χ2v) is 6.92. The summed E-state index contributed by atoms with van der Waals surface area (Å²) in [6.07, 6.45) is 0. The minimum absolute atomic E-state index is 0.117. The van der Waals surface area contributed by atoms with Crippen molar-refractivity contribution in [2.75, 3.05) is 25.1 Å². The molecule has 1 N–H and O–H groups in total. The molecule has 0 spiro atoms. The number of benzene rings is 2. The Morgan fingerprint density at radius 3 is 2.46 bits per heavy atom. The zero-order chi connectivity index (χ0) is 18.5. The molecule has 0 saturated carbocycles. The van der Waals surface area contributed by atoms with Gasteiger partial charge in [0.15, 0.2) is 11.5 Å². The van der Waals surface area contributed by atoms with E-state index < -0.39 is 0 Å². The lowest BCUT2D eigenvalue weighted by Crippen LogP contribution is -2.37. The number of anilines is 1. The van der Waals surface area contributed by atoms with Crippen molar-refractivity contribution in [3.63, 3.8) is 0 Å². The van der Waals surface area contributed by atoms with Crippen LogP contribution in [0, 0.1) is 0 Å². The molecule has 138 valence electrons. The Morgan fingerprint density at radius 1 is 1.15 bits per heavy atom. The molecule has 0 saturated heterocycles. The highest BCUT2D eigenvalue weighted by Gasteiger charge is 2.18. The van der Waals surface area contributed by atoms with Gasteiger partial charge in [-0.15, -0.1) is 0 Å². The van der Waals surface area contributed by atoms with E-state index >= 15 is 0 Å². The standard InChI is InChI=1S/C20H23ClN2O3/c1-14(2)23(12-15-6-4-3-5-7-15)13-20(24)22-17-11-19-18(10-16(17)21)25-8-9-26-19/h3-7,10-11,14H,8-9,12-13H2,1-2H3,(H,22,24). The lowest BCUT2D eigenvalue weighted by Gasteiger charge is -2.26. The number of carbonyl (C=O) groups is 1. The molecule has 0 fully saturated rings. The van der Waals surface area contributed by atoms with Gasteiger partial charge in [0.05, 0.1) is 17.3 Å². The second kappa shape index (κ2) is 8.43. The molecule has 0 bridgehead atoms. The molecule has 1 aliphatic heterocycles. The van der Waals surface area contributed by atoms with E-state index in [0.29, 0.717) is 42.0 Å². The van der Waals surface area contributed by atoms with Gasteiger partial charge in [-0.25, -0.2) is 0 Å². The van der Waals surface area contributed by atoms with Crippen molar-refractivity contribution < 1.29 is 14.3 Å². The number of nitrogens with one attached hydrogen (secondary N) is 1. The van der Waals surface area contributed by atoms with E-state index in [9.17, 15) is 4.79 Å². The fourth-order valence-electron chi connectivity index (χ4n) is 2.77. The van der Waals surface area contributed by atoms with E-state index in [1.165, 1.54) is 5.56 Å². The van der Waals surface area contributed by atoms with Crippen LogP contribution in [-0.4, -0.2) is 36.6 Å². The maximum atomic E-state index is 12.6. The zero-order valence-corrected chi connectivity index (χ0v) is 15.8. The lowest BCUT2D eigenvalue weighted by atomic mass is 10.2. The molecule has 0 radical (unpaired) electrons. The van der Waals surface area contributed by atoms with Crippen LogP contribution in [0.1, 0.15) is 19.4 Å². The van der Waals surface area contributed by atoms with E-state index in [0.717, 1.165) is 0 Å². The number of nitrogens with zero attached hydrogens (tertiary/aromatic N) is 1. The number of hydrogen-bond acceptors (Lipinski definition) is 4. The highest BCUT2D eigenvalue weighted by molar-refractivity contribution is 6.34. The van der Waals surface area contributed by atoms with Gasteiger partial charge in [-0.1, -0.05) is 41.9 Å². The second-order valence-electron chi connectivity index (χ2n) is 6.51. The average Bonchev–Trinajstić information content (AvgIpc) is 2.62. The summed E-state index contributed by atoms with van der Waals surface area (Å²) in [5.41, 5.74) is 1.70. The number of carbonyl (C=O) groups excluding carboxylic acids is 1. The zero-order valence-electron chi connectivity index (χ0n) is 15.0. The van der Waals surface area contributed by atoms with Gasteiger partial charge >= 0.3 is 0 Å². The maximum Gasteiger partial charge on any atom is 0.238 e. The molecule has 1 amide bonds. The van der Waals surface area contributed by atoms with Crippen LogP contribution >= 0.6 is 11.6 Å². The Bertz CT molecular complexity index is 765. The summed E-state index contributed by atoms with van der Waals surface area (Å²) in [7, 11) is 0. The van der Waals surface area contributed by atoms with Crippen LogP contribution in [0.2, 0.25) is 5.02 Å². The number of ether oxygens (including phenoxy) is 2. The quantitative estimate of drug-likeness (QED) is 0.831. The van der Waals surface area contributed by atoms with Crippen LogP contribution in [0.4, 0.5) is 5.69 Å². The van der Waals surface area contributed by atoms with Gasteiger partial charge in [0.25, 0.3) is 0 Å². The fraction of sp³-hybridized carbons (Fsp3) is 0.350. The van der Waals surface area contributed by atoms with Crippen LogP contribution < -0.4 is 14.8 Å². The number of halogens is 1. The third-order valence-corrected chi connectivity index (χ3v) is 4.52. The molecule has 2 aromatic rings. The summed E-state index contributed by atoms with van der Waals surface area (Å²) in [6, 6.07) is 13.7. The van der Waals surface area contributed by atoms with Crippen LogP contribution in [0.5, 0.6) is 11.5 Å². The minimum Gasteiger partial charge on any atom is -0.486 e. The van der Waals surface area contributed by atoms with Crippen molar-refractivity contribution >= 4 is 23.2 Å². The highest BCUT2D eigenvalue weighted by atomic mass is 35.5. The first-order valence-electron chi connectivity index (χ1n) is 8.70. The lowest BCUT2D eigenvalue weighted by molar-refractivity contribution is -0.117. The molecule has 0 aliphatic carbocycles. The topological polar surface area (TPSA) is 50.8 Å². The number of fused-ring (bicyclic) bond motifs is 1. The molecular weight excluding hydrogens is 352 g/mol. The fourth-order valence-corrected chi connectivity index (χ4v) is 2.97. The smallest absolute Gasteiger partial charge is 0.238 e. The van der Waals surface area contributed by atoms with Crippen LogP contribution in [-0.2, 0) is 11.3 Å². The molecule has 0 atom stereocenters. The first-order chi connectivity index (χ1) is 12.5. The van der Waals surface area contributed by atoms with E-state index in [1.807, 2.05) is 18.2 Å². The predicted octanol–water partition coefficient (Wildman–Crippen LogP) is 3.96. The van der Waals surface area contributed by atoms with Crippen LogP contribution in [0.15, 0.2) is 42.5 Å². The van der Waals surface area contributed by atoms with E-state index in [1.54, 1.807) is 12.1 Å². The molecule has 6 heteroatoms. The summed E-state index contributed by atoms with van der Waals surface area (Å²) in [5, 5.41) is 3.32. The van der Waals surface area contributed by atoms with Gasteiger partial charge in [-0.3, -0.25) is 9.69 Å². The third-order valence-electron chi connectivity index (χ3n) is 4.21. The van der Waals surface area contributed by atoms with Crippen molar-refractivity contribution in [3.05, 3.63) is 53.1 Å². The normalized spacial score (nSPS) is 13.1. The van der Waals surface area contributed by atoms with E-state index in [4.69, 9.17) is 21.1 Å². The maximum absolute atomic E-state index is 12.6. The van der Waals surface area contributed by atoms with Gasteiger partial charge < -0.3 is 14.8 Å². The Kier molecular flexibility index (Phi) is 6.01. The van der Waals surface area contributed by atoms with Crippen molar-refractivity contribution in [1.29, 1.82) is 0 Å². The number of amides is 1. The molecule has 0 aromatic heterocycles. The average molecular weight is 375 g/mol. The molecule has 0 unspecified atom stereocenters. The molecule has 1 aliphatic rings. The molecule has 1 heterocycles. The first kappa shape index (κ1) is 18.5. The predicted molar refractivity (Wildman–Crippen MR) is 103 cm³/mol. The Balaban J connectivity index is 1.67. The summed E-state index contributed by atoms with van der Waals surface area (Å²) in [4.78, 5) is 14.7. The summed E-state index contributed by atoms with van der Waals surface area (Å²) >= 11 is 6.27. The first-order valence-corrected chi connectivity index (χ1v) is 9.07. The summed E-state index contributed by atoms with van der Waals surface area (Å²) in [6.45, 7) is 6.12. The van der Waals surface area contributed by atoms with Crippen molar-refractivity contribution in [2.45, 2.75) is 26.4 Å². The Hall–Kier alpha value is -2.24. The molecular formula is C20H23ClN2O3.